The monoisotopic (exact) mass is 220 g/mol. The first kappa shape index (κ1) is 12.9. The van der Waals surface area contributed by atoms with Crippen LogP contribution in [0.3, 0.4) is 0 Å². The molecule has 2 nitrogen and oxygen atoms in total. The number of Topliss-reactive ketones (excluding diaryl/α,β-unsaturated/α-hetero) is 1. The van der Waals surface area contributed by atoms with Gasteiger partial charge in [-0.1, -0.05) is 32.9 Å². The van der Waals surface area contributed by atoms with E-state index in [2.05, 4.69) is 20.4 Å². The van der Waals surface area contributed by atoms with E-state index in [1.54, 1.807) is 6.08 Å². The zero-order valence-electron chi connectivity index (χ0n) is 10.3. The first-order valence-corrected chi connectivity index (χ1v) is 5.73. The molecule has 0 radical (unpaired) electrons. The second-order valence-electron chi connectivity index (χ2n) is 5.33. The van der Waals surface area contributed by atoms with Crippen molar-refractivity contribution in [3.05, 3.63) is 24.3 Å². The van der Waals surface area contributed by atoms with Crippen LogP contribution in [0, 0.1) is 17.3 Å². The van der Waals surface area contributed by atoms with Crippen LogP contribution in [0.5, 0.6) is 0 Å². The molecule has 0 aromatic heterocycles. The van der Waals surface area contributed by atoms with Gasteiger partial charge in [-0.05, 0) is 16.9 Å². The molecule has 2 heteroatoms. The molecular formula is C14H20O2. The molecule has 0 N–H and O–H groups in total. The fourth-order valence-electron chi connectivity index (χ4n) is 2.31. The first-order chi connectivity index (χ1) is 7.41. The lowest BCUT2D eigenvalue weighted by atomic mass is 9.84. The normalized spacial score (nSPS) is 22.4. The van der Waals surface area contributed by atoms with Crippen LogP contribution >= 0.6 is 0 Å². The van der Waals surface area contributed by atoms with Crippen LogP contribution in [0.15, 0.2) is 24.3 Å². The summed E-state index contributed by atoms with van der Waals surface area (Å²) >= 11 is 0. The minimum absolute atomic E-state index is 0.0134. The summed E-state index contributed by atoms with van der Waals surface area (Å²) in [5.74, 6) is 0.367. The van der Waals surface area contributed by atoms with Crippen molar-refractivity contribution in [1.82, 2.24) is 0 Å². The average molecular weight is 220 g/mol. The van der Waals surface area contributed by atoms with Gasteiger partial charge in [-0.15, -0.1) is 6.58 Å². The quantitative estimate of drug-likeness (QED) is 0.527. The SMILES string of the molecule is C=C[C@H](C1=CC(C)(C)CC1=O)[C@H](C)CC=O. The smallest absolute Gasteiger partial charge is 0.160 e. The molecule has 0 heterocycles. The van der Waals surface area contributed by atoms with Gasteiger partial charge in [-0.3, -0.25) is 4.79 Å². The second-order valence-corrected chi connectivity index (χ2v) is 5.33. The molecule has 0 aliphatic heterocycles. The molecule has 2 atom stereocenters. The molecule has 0 bridgehead atoms. The Morgan fingerprint density at radius 2 is 2.19 bits per heavy atom. The highest BCUT2D eigenvalue weighted by Crippen LogP contribution is 2.38. The van der Waals surface area contributed by atoms with Crippen molar-refractivity contribution in [2.45, 2.75) is 33.6 Å². The summed E-state index contributed by atoms with van der Waals surface area (Å²) in [5.41, 5.74) is 0.795. The molecule has 0 fully saturated rings. The maximum atomic E-state index is 11.9. The summed E-state index contributed by atoms with van der Waals surface area (Å²) in [7, 11) is 0. The predicted molar refractivity (Wildman–Crippen MR) is 65.0 cm³/mol. The number of carbonyl (C=O) groups is 2. The number of aldehydes is 1. The van der Waals surface area contributed by atoms with Crippen LogP contribution in [0.4, 0.5) is 0 Å². The van der Waals surface area contributed by atoms with Gasteiger partial charge in [0.1, 0.15) is 6.29 Å². The lowest BCUT2D eigenvalue weighted by molar-refractivity contribution is -0.116. The Morgan fingerprint density at radius 3 is 2.56 bits per heavy atom. The Balaban J connectivity index is 2.93. The number of carbonyl (C=O) groups excluding carboxylic acids is 2. The summed E-state index contributed by atoms with van der Waals surface area (Å²) < 4.78 is 0. The van der Waals surface area contributed by atoms with Crippen LogP contribution in [-0.2, 0) is 9.59 Å². The van der Waals surface area contributed by atoms with Crippen molar-refractivity contribution in [3.8, 4) is 0 Å². The van der Waals surface area contributed by atoms with Gasteiger partial charge in [0.25, 0.3) is 0 Å². The fourth-order valence-corrected chi connectivity index (χ4v) is 2.31. The lowest BCUT2D eigenvalue weighted by Gasteiger charge is -2.19. The van der Waals surface area contributed by atoms with Crippen molar-refractivity contribution in [2.75, 3.05) is 0 Å². The highest BCUT2D eigenvalue weighted by Gasteiger charge is 2.34. The Hall–Kier alpha value is -1.18. The van der Waals surface area contributed by atoms with Gasteiger partial charge < -0.3 is 4.79 Å². The number of ketones is 1. The minimum Gasteiger partial charge on any atom is -0.303 e. The predicted octanol–water partition coefficient (Wildman–Crippen LogP) is 2.94. The third-order valence-electron chi connectivity index (χ3n) is 3.18. The molecule has 1 aliphatic rings. The van der Waals surface area contributed by atoms with Gasteiger partial charge in [0.15, 0.2) is 5.78 Å². The number of rotatable bonds is 5. The van der Waals surface area contributed by atoms with E-state index in [1.165, 1.54) is 0 Å². The molecule has 0 aromatic rings. The third-order valence-corrected chi connectivity index (χ3v) is 3.18. The van der Waals surface area contributed by atoms with E-state index in [-0.39, 0.29) is 23.0 Å². The molecule has 88 valence electrons. The van der Waals surface area contributed by atoms with Crippen molar-refractivity contribution < 1.29 is 9.59 Å². The van der Waals surface area contributed by atoms with Crippen molar-refractivity contribution in [1.29, 1.82) is 0 Å². The number of allylic oxidation sites excluding steroid dienone is 3. The third kappa shape index (κ3) is 2.69. The van der Waals surface area contributed by atoms with Crippen LogP contribution < -0.4 is 0 Å². The van der Waals surface area contributed by atoms with E-state index in [1.807, 2.05) is 13.0 Å². The molecule has 0 saturated carbocycles. The fraction of sp³-hybridized carbons (Fsp3) is 0.571. The van der Waals surface area contributed by atoms with Gasteiger partial charge in [0.2, 0.25) is 0 Å². The van der Waals surface area contributed by atoms with E-state index in [0.29, 0.717) is 12.8 Å². The van der Waals surface area contributed by atoms with Gasteiger partial charge >= 0.3 is 0 Å². The van der Waals surface area contributed by atoms with E-state index < -0.39 is 0 Å². The van der Waals surface area contributed by atoms with Crippen molar-refractivity contribution >= 4 is 12.1 Å². The van der Waals surface area contributed by atoms with E-state index >= 15 is 0 Å². The standard InChI is InChI=1S/C14H20O2/c1-5-11(10(2)6-7-15)12-8-14(3,4)9-13(12)16/h5,7-8,10-11H,1,6,9H2,2-4H3/t10-,11+/m1/s1. The zero-order chi connectivity index (χ0) is 12.3. The van der Waals surface area contributed by atoms with Gasteiger partial charge in [-0.2, -0.15) is 0 Å². The van der Waals surface area contributed by atoms with Gasteiger partial charge in [-0.25, -0.2) is 0 Å². The Bertz CT molecular complexity index is 337. The highest BCUT2D eigenvalue weighted by atomic mass is 16.1. The lowest BCUT2D eigenvalue weighted by Crippen LogP contribution is -2.16. The highest BCUT2D eigenvalue weighted by molar-refractivity contribution is 5.99. The van der Waals surface area contributed by atoms with E-state index in [4.69, 9.17) is 0 Å². The van der Waals surface area contributed by atoms with Crippen molar-refractivity contribution in [2.24, 2.45) is 17.3 Å². The summed E-state index contributed by atoms with van der Waals surface area (Å²) in [4.78, 5) is 22.4. The molecule has 16 heavy (non-hydrogen) atoms. The topological polar surface area (TPSA) is 34.1 Å². The Morgan fingerprint density at radius 1 is 1.56 bits per heavy atom. The number of hydrogen-bond acceptors (Lipinski definition) is 2. The summed E-state index contributed by atoms with van der Waals surface area (Å²) in [5, 5.41) is 0. The molecule has 1 aliphatic carbocycles. The molecular weight excluding hydrogens is 200 g/mol. The van der Waals surface area contributed by atoms with Crippen LogP contribution in [0.25, 0.3) is 0 Å². The van der Waals surface area contributed by atoms with Crippen molar-refractivity contribution in [3.63, 3.8) is 0 Å². The first-order valence-electron chi connectivity index (χ1n) is 5.73. The average Bonchev–Trinajstić information content (AvgIpc) is 2.42. The van der Waals surface area contributed by atoms with E-state index in [0.717, 1.165) is 11.9 Å². The van der Waals surface area contributed by atoms with Crippen LogP contribution in [0.1, 0.15) is 33.6 Å². The summed E-state index contributed by atoms with van der Waals surface area (Å²) in [6.07, 6.45) is 5.79. The largest absolute Gasteiger partial charge is 0.303 e. The zero-order valence-corrected chi connectivity index (χ0v) is 10.3. The second kappa shape index (κ2) is 4.77. The Labute approximate surface area is 97.4 Å². The van der Waals surface area contributed by atoms with Gasteiger partial charge in [0, 0.05) is 18.8 Å². The van der Waals surface area contributed by atoms with E-state index in [9.17, 15) is 9.59 Å². The minimum atomic E-state index is -0.0470. The maximum absolute atomic E-state index is 11.9. The molecule has 0 saturated heterocycles. The summed E-state index contributed by atoms with van der Waals surface area (Å²) in [6.45, 7) is 9.88. The molecule has 0 amide bonds. The maximum Gasteiger partial charge on any atom is 0.160 e. The van der Waals surface area contributed by atoms with Crippen LogP contribution in [-0.4, -0.2) is 12.1 Å². The van der Waals surface area contributed by atoms with Gasteiger partial charge in [0.05, 0.1) is 0 Å². The number of hydrogen-bond donors (Lipinski definition) is 0. The molecule has 1 rings (SSSR count). The molecule has 0 aromatic carbocycles. The summed E-state index contributed by atoms with van der Waals surface area (Å²) in [6, 6.07) is 0. The molecule has 0 unspecified atom stereocenters. The Kier molecular flexibility index (Phi) is 3.84. The molecule has 0 spiro atoms. The van der Waals surface area contributed by atoms with Crippen LogP contribution in [0.2, 0.25) is 0 Å².